The zero-order valence-electron chi connectivity index (χ0n) is 47.8. The Morgan fingerprint density at radius 2 is 0.857 bits per heavy atom. The molecular formula is C54H58Cl2N24O4. The van der Waals surface area contributed by atoms with Crippen molar-refractivity contribution in [2.45, 2.75) is 83.1 Å². The lowest BCUT2D eigenvalue weighted by atomic mass is 10.4. The zero-order valence-corrected chi connectivity index (χ0v) is 49.3. The van der Waals surface area contributed by atoms with E-state index in [1.165, 1.54) is 31.0 Å². The number of nitro groups is 2. The Labute approximate surface area is 495 Å². The summed E-state index contributed by atoms with van der Waals surface area (Å²) < 4.78 is 0. The van der Waals surface area contributed by atoms with Gasteiger partial charge in [-0.3, -0.25) is 29.9 Å². The van der Waals surface area contributed by atoms with Gasteiger partial charge in [-0.1, -0.05) is 39.8 Å². The standard InChI is InChI=1S/2C6H5N3.2C6H8N2.2C5H5ClN2.2C5H5N3O2.2C5H6N2/c1-5-3-9-6(7-2)4-8-5;1-5-3-4-6(7-2)9-8-5;1-5-3-8-6(2)4-7-5;1-5-3-7-6(2)8-4-5;1-4-2-8-5(6)3-7-4;1-4-2-7-5(6)8-3-4;1-4-2-7-5(3-6-4)8(9)10;1-4-2-6-5(7-3-4)8(9)10;1-5-4-6-2-3-7-5;1-5-3-2-4-6-7-5/h2*3-4H,1H3;2*3-4H,1-2H3;2*2-3H,1H3;2*2-3H,1H3;2*2-4H,1H3. The molecule has 0 aromatic carbocycles. The van der Waals surface area contributed by atoms with E-state index >= 15 is 0 Å². The third-order valence-electron chi connectivity index (χ3n) is 8.38. The van der Waals surface area contributed by atoms with E-state index in [-0.39, 0.29) is 11.8 Å². The average Bonchev–Trinajstić information content (AvgIpc) is 3.49. The summed E-state index contributed by atoms with van der Waals surface area (Å²) in [5, 5.41) is 35.4. The maximum Gasteiger partial charge on any atom is 0.468 e. The van der Waals surface area contributed by atoms with Gasteiger partial charge in [0.25, 0.3) is 11.6 Å². The van der Waals surface area contributed by atoms with E-state index in [4.69, 9.17) is 36.3 Å². The molecule has 0 fully saturated rings. The highest BCUT2D eigenvalue weighted by molar-refractivity contribution is 6.29. The average molecular weight is 1180 g/mol. The first-order valence-electron chi connectivity index (χ1n) is 24.1. The lowest BCUT2D eigenvalue weighted by Gasteiger charge is -1.88. The van der Waals surface area contributed by atoms with Crippen LogP contribution in [-0.2, 0) is 0 Å². The highest BCUT2D eigenvalue weighted by Gasteiger charge is 2.06. The second kappa shape index (κ2) is 42.1. The van der Waals surface area contributed by atoms with Crippen molar-refractivity contribution in [3.63, 3.8) is 0 Å². The third-order valence-corrected chi connectivity index (χ3v) is 8.77. The van der Waals surface area contributed by atoms with Gasteiger partial charge >= 0.3 is 11.8 Å². The van der Waals surface area contributed by atoms with Gasteiger partial charge in [0.15, 0.2) is 6.20 Å². The maximum atomic E-state index is 10.0. The molecule has 28 nitrogen and oxygen atoms in total. The van der Waals surface area contributed by atoms with E-state index in [9.17, 15) is 20.2 Å². The van der Waals surface area contributed by atoms with Crippen LogP contribution in [0.5, 0.6) is 0 Å². The molecule has 0 spiro atoms. The highest BCUT2D eigenvalue weighted by atomic mass is 35.5. The summed E-state index contributed by atoms with van der Waals surface area (Å²) in [5.41, 5.74) is 10.0. The molecule has 0 atom stereocenters. The third kappa shape index (κ3) is 37.1. The molecule has 10 rings (SSSR count). The smallest absolute Gasteiger partial charge is 0.390 e. The van der Waals surface area contributed by atoms with E-state index in [0.29, 0.717) is 27.8 Å². The Morgan fingerprint density at radius 1 is 0.393 bits per heavy atom. The molecule has 84 heavy (non-hydrogen) atoms. The molecule has 0 bridgehead atoms. The quantitative estimate of drug-likeness (QED) is 0.0671. The molecule has 0 aliphatic carbocycles. The molecule has 0 unspecified atom stereocenters. The molecule has 0 radical (unpaired) electrons. The summed E-state index contributed by atoms with van der Waals surface area (Å²) in [5.74, 6) is 0.952. The molecule has 0 saturated heterocycles. The highest BCUT2D eigenvalue weighted by Crippen LogP contribution is 2.05. The molecule has 0 aliphatic rings. The number of hydrogen-bond acceptors (Lipinski definition) is 24. The fraction of sp³-hybridized carbons (Fsp3) is 0.222. The van der Waals surface area contributed by atoms with Gasteiger partial charge in [-0.25, -0.2) is 29.9 Å². The fourth-order valence-corrected chi connectivity index (χ4v) is 4.47. The predicted molar refractivity (Wildman–Crippen MR) is 313 cm³/mol. The number of aryl methyl sites for hydroxylation is 12. The minimum atomic E-state index is -0.626. The van der Waals surface area contributed by atoms with Crippen LogP contribution in [0.2, 0.25) is 10.4 Å². The van der Waals surface area contributed by atoms with Crippen molar-refractivity contribution in [2.24, 2.45) is 0 Å². The number of halogens is 2. The summed E-state index contributed by atoms with van der Waals surface area (Å²) in [4.78, 5) is 85.6. The minimum absolute atomic E-state index is 0.217. The van der Waals surface area contributed by atoms with Crippen molar-refractivity contribution in [2.75, 3.05) is 0 Å². The van der Waals surface area contributed by atoms with Crippen LogP contribution < -0.4 is 0 Å². The molecular weight excluding hydrogens is 1120 g/mol. The summed E-state index contributed by atoms with van der Waals surface area (Å²) in [6, 6.07) is 7.19. The largest absolute Gasteiger partial charge is 0.468 e. The van der Waals surface area contributed by atoms with Crippen LogP contribution in [0.4, 0.5) is 23.4 Å². The summed E-state index contributed by atoms with van der Waals surface area (Å²) in [7, 11) is 0. The number of nitrogens with zero attached hydrogens (tertiary/aromatic N) is 24. The van der Waals surface area contributed by atoms with Crippen molar-refractivity contribution in [3.8, 4) is 0 Å². The first kappa shape index (κ1) is 71.2. The first-order chi connectivity index (χ1) is 40.0. The van der Waals surface area contributed by atoms with Crippen LogP contribution in [0.15, 0.2) is 136 Å². The van der Waals surface area contributed by atoms with Crippen LogP contribution in [0.1, 0.15) is 68.1 Å². The number of hydrogen-bond donors (Lipinski definition) is 0. The second-order valence-electron chi connectivity index (χ2n) is 16.2. The molecule has 30 heteroatoms. The van der Waals surface area contributed by atoms with Crippen molar-refractivity contribution in [3.05, 3.63) is 257 Å². The van der Waals surface area contributed by atoms with Gasteiger partial charge < -0.3 is 29.9 Å². The van der Waals surface area contributed by atoms with Crippen molar-refractivity contribution in [1.82, 2.24) is 100 Å². The normalized spacial score (nSPS) is 9.00. The Morgan fingerprint density at radius 3 is 1.17 bits per heavy atom. The summed E-state index contributed by atoms with van der Waals surface area (Å²) in [6.07, 6.45) is 28.7. The molecule has 0 N–H and O–H groups in total. The molecule has 10 heterocycles. The predicted octanol–water partition coefficient (Wildman–Crippen LogP) is 10.7. The second-order valence-corrected chi connectivity index (χ2v) is 16.9. The maximum absolute atomic E-state index is 10.0. The molecule has 0 aliphatic heterocycles. The summed E-state index contributed by atoms with van der Waals surface area (Å²) in [6.45, 7) is 35.5. The van der Waals surface area contributed by atoms with Gasteiger partial charge in [0.1, 0.15) is 35.8 Å². The first-order valence-corrected chi connectivity index (χ1v) is 24.8. The Balaban J connectivity index is 0.000000468. The van der Waals surface area contributed by atoms with E-state index in [2.05, 4.69) is 110 Å². The van der Waals surface area contributed by atoms with Gasteiger partial charge in [0, 0.05) is 73.7 Å². The van der Waals surface area contributed by atoms with E-state index < -0.39 is 9.85 Å². The van der Waals surface area contributed by atoms with Gasteiger partial charge in [-0.05, 0) is 150 Å². The fourth-order valence-electron chi connectivity index (χ4n) is 4.28. The van der Waals surface area contributed by atoms with Crippen LogP contribution in [0.3, 0.4) is 0 Å². The number of aromatic nitrogens is 20. The van der Waals surface area contributed by atoms with Crippen LogP contribution in [0.25, 0.3) is 9.69 Å². The lowest BCUT2D eigenvalue weighted by Crippen LogP contribution is -1.94. The van der Waals surface area contributed by atoms with Crippen molar-refractivity contribution < 1.29 is 9.85 Å². The molecule has 10 aromatic rings. The topological polar surface area (TPSA) is 353 Å². The van der Waals surface area contributed by atoms with Gasteiger partial charge in [0.05, 0.1) is 57.9 Å². The van der Waals surface area contributed by atoms with Gasteiger partial charge in [0.2, 0.25) is 5.28 Å². The Hall–Kier alpha value is -10.8. The van der Waals surface area contributed by atoms with Gasteiger partial charge in [-0.15, -0.1) is 4.98 Å². The van der Waals surface area contributed by atoms with Gasteiger partial charge in [-0.2, -0.15) is 10.2 Å². The minimum Gasteiger partial charge on any atom is -0.390 e. The van der Waals surface area contributed by atoms with Crippen LogP contribution >= 0.6 is 23.2 Å². The SMILES string of the molecule is Cc1cccnn1.Cc1cnc(C)cn1.Cc1cnc(C)nc1.Cc1cnc(Cl)cn1.Cc1cnc(Cl)nc1.Cc1cnc([N+](=O)[O-])cn1.Cc1cnc([N+](=O)[O-])nc1.Cc1cnccn1.[C-]#[N+]c1ccc(C)nn1.[C-]#[N+]c1cnc(C)cn1. The van der Waals surface area contributed by atoms with E-state index in [1.54, 1.807) is 87.9 Å². The molecule has 432 valence electrons. The monoisotopic (exact) mass is 1180 g/mol. The van der Waals surface area contributed by atoms with E-state index in [0.717, 1.165) is 68.6 Å². The lowest BCUT2D eigenvalue weighted by molar-refractivity contribution is -0.394. The van der Waals surface area contributed by atoms with Crippen LogP contribution in [-0.4, -0.2) is 110 Å². The Bertz CT molecular complexity index is 3060. The molecule has 0 saturated carbocycles. The van der Waals surface area contributed by atoms with E-state index in [1.807, 2.05) is 93.8 Å². The van der Waals surface area contributed by atoms with Crippen molar-refractivity contribution >= 4 is 46.6 Å². The zero-order chi connectivity index (χ0) is 62.7. The molecule has 10 aromatic heterocycles. The van der Waals surface area contributed by atoms with Crippen LogP contribution in [0, 0.1) is 116 Å². The summed E-state index contributed by atoms with van der Waals surface area (Å²) >= 11 is 10.8. The Kier molecular flexibility index (Phi) is 35.7. The number of rotatable bonds is 2. The van der Waals surface area contributed by atoms with Crippen molar-refractivity contribution in [1.29, 1.82) is 0 Å². The molecule has 0 amide bonds.